The molecule has 4 rings (SSSR count). The number of morpholine rings is 1. The van der Waals surface area contributed by atoms with E-state index in [1.807, 2.05) is 24.0 Å². The van der Waals surface area contributed by atoms with E-state index in [2.05, 4.69) is 27.2 Å². The van der Waals surface area contributed by atoms with Gasteiger partial charge in [-0.05, 0) is 30.5 Å². The number of nitrogens with zero attached hydrogens (tertiary/aromatic N) is 4. The Labute approximate surface area is 143 Å². The molecule has 0 unspecified atom stereocenters. The lowest BCUT2D eigenvalue weighted by Crippen LogP contribution is -2.50. The van der Waals surface area contributed by atoms with Crippen molar-refractivity contribution >= 4 is 0 Å². The topological polar surface area (TPSA) is 46.7 Å². The highest BCUT2D eigenvalue weighted by atomic mass is 16.5. The van der Waals surface area contributed by atoms with Crippen LogP contribution in [0.3, 0.4) is 0 Å². The third-order valence-electron chi connectivity index (χ3n) is 5.28. The van der Waals surface area contributed by atoms with Crippen LogP contribution in [0.2, 0.25) is 0 Å². The Morgan fingerprint density at radius 2 is 2.12 bits per heavy atom. The van der Waals surface area contributed by atoms with Gasteiger partial charge in [0.1, 0.15) is 5.76 Å². The molecule has 4 heterocycles. The second kappa shape index (κ2) is 7.09. The van der Waals surface area contributed by atoms with Gasteiger partial charge in [-0.3, -0.25) is 14.5 Å². The second-order valence-electron chi connectivity index (χ2n) is 6.85. The molecule has 2 saturated heterocycles. The molecule has 0 saturated carbocycles. The third kappa shape index (κ3) is 3.41. The number of hydrogen-bond acceptors (Lipinski definition) is 5. The van der Waals surface area contributed by atoms with Crippen molar-refractivity contribution < 1.29 is 9.15 Å². The van der Waals surface area contributed by atoms with Crippen molar-refractivity contribution in [3.8, 4) is 0 Å². The summed E-state index contributed by atoms with van der Waals surface area (Å²) in [4.78, 5) is 5.19. The molecule has 0 bridgehead atoms. The zero-order chi connectivity index (χ0) is 16.4. The van der Waals surface area contributed by atoms with E-state index in [0.717, 1.165) is 51.6 Å². The van der Waals surface area contributed by atoms with E-state index in [4.69, 9.17) is 9.15 Å². The quantitative estimate of drug-likeness (QED) is 0.832. The molecule has 0 radical (unpaired) electrons. The van der Waals surface area contributed by atoms with Gasteiger partial charge in [0.05, 0.1) is 32.2 Å². The molecule has 2 aromatic heterocycles. The molecule has 6 nitrogen and oxygen atoms in total. The minimum atomic E-state index is 0.498. The summed E-state index contributed by atoms with van der Waals surface area (Å²) < 4.78 is 13.0. The number of aryl methyl sites for hydroxylation is 1. The van der Waals surface area contributed by atoms with Crippen molar-refractivity contribution in [3.63, 3.8) is 0 Å². The van der Waals surface area contributed by atoms with Crippen LogP contribution in [0.25, 0.3) is 0 Å². The third-order valence-corrected chi connectivity index (χ3v) is 5.28. The van der Waals surface area contributed by atoms with Crippen molar-refractivity contribution in [1.82, 2.24) is 19.6 Å². The van der Waals surface area contributed by atoms with Gasteiger partial charge in [0.25, 0.3) is 0 Å². The van der Waals surface area contributed by atoms with Crippen molar-refractivity contribution in [2.45, 2.75) is 31.5 Å². The van der Waals surface area contributed by atoms with Gasteiger partial charge in [0.15, 0.2) is 0 Å². The van der Waals surface area contributed by atoms with Crippen LogP contribution in [-0.4, -0.2) is 64.5 Å². The summed E-state index contributed by atoms with van der Waals surface area (Å²) in [7, 11) is 1.98. The van der Waals surface area contributed by atoms with Gasteiger partial charge in [0.2, 0.25) is 0 Å². The van der Waals surface area contributed by atoms with Crippen LogP contribution in [0.5, 0.6) is 0 Å². The molecule has 6 heteroatoms. The molecule has 2 aromatic rings. The SMILES string of the molecule is Cn1cc(C[C@H]2[C@H](N3CCOCC3)CCN2Cc2ccco2)cn1. The summed E-state index contributed by atoms with van der Waals surface area (Å²) in [6.45, 7) is 5.81. The van der Waals surface area contributed by atoms with Gasteiger partial charge in [0, 0.05) is 45.0 Å². The van der Waals surface area contributed by atoms with E-state index in [0.29, 0.717) is 12.1 Å². The van der Waals surface area contributed by atoms with E-state index in [-0.39, 0.29) is 0 Å². The lowest BCUT2D eigenvalue weighted by atomic mass is 10.00. The van der Waals surface area contributed by atoms with Crippen molar-refractivity contribution in [2.24, 2.45) is 7.05 Å². The van der Waals surface area contributed by atoms with Gasteiger partial charge in [-0.2, -0.15) is 5.10 Å². The molecule has 2 fully saturated rings. The molecular formula is C18H26N4O2. The maximum Gasteiger partial charge on any atom is 0.117 e. The van der Waals surface area contributed by atoms with Crippen LogP contribution in [-0.2, 0) is 24.8 Å². The number of aromatic nitrogens is 2. The fourth-order valence-corrected chi connectivity index (χ4v) is 4.12. The minimum Gasteiger partial charge on any atom is -0.468 e. The van der Waals surface area contributed by atoms with E-state index in [9.17, 15) is 0 Å². The number of likely N-dealkylation sites (tertiary alicyclic amines) is 1. The predicted octanol–water partition coefficient (Wildman–Crippen LogP) is 1.53. The summed E-state index contributed by atoms with van der Waals surface area (Å²) in [6.07, 6.45) is 8.16. The molecule has 0 aliphatic carbocycles. The highest BCUT2D eigenvalue weighted by molar-refractivity contribution is 5.10. The summed E-state index contributed by atoms with van der Waals surface area (Å²) in [5.41, 5.74) is 1.31. The molecule has 2 aliphatic heterocycles. The zero-order valence-electron chi connectivity index (χ0n) is 14.3. The molecule has 0 N–H and O–H groups in total. The number of rotatable bonds is 5. The maximum absolute atomic E-state index is 5.59. The number of furan rings is 1. The van der Waals surface area contributed by atoms with Crippen LogP contribution in [0.4, 0.5) is 0 Å². The molecule has 2 aliphatic rings. The predicted molar refractivity (Wildman–Crippen MR) is 90.6 cm³/mol. The molecule has 2 atom stereocenters. The number of ether oxygens (including phenoxy) is 1. The summed E-state index contributed by atoms with van der Waals surface area (Å²) >= 11 is 0. The first kappa shape index (κ1) is 15.9. The standard InChI is InChI=1S/C18H26N4O2/c1-20-13-15(12-19-20)11-18-17(21-6-9-23-10-7-21)4-5-22(18)14-16-3-2-8-24-16/h2-3,8,12-13,17-18H,4-7,9-11,14H2,1H3/t17-,18+/m1/s1. The first-order valence-electron chi connectivity index (χ1n) is 8.85. The van der Waals surface area contributed by atoms with Gasteiger partial charge in [-0.15, -0.1) is 0 Å². The Bertz CT molecular complexity index is 633. The van der Waals surface area contributed by atoms with E-state index >= 15 is 0 Å². The first-order chi connectivity index (χ1) is 11.8. The maximum atomic E-state index is 5.59. The summed E-state index contributed by atoms with van der Waals surface area (Å²) in [5.74, 6) is 1.05. The zero-order valence-corrected chi connectivity index (χ0v) is 14.3. The second-order valence-corrected chi connectivity index (χ2v) is 6.85. The average Bonchev–Trinajstić information content (AvgIpc) is 3.33. The lowest BCUT2D eigenvalue weighted by molar-refractivity contribution is 0.00756. The van der Waals surface area contributed by atoms with E-state index < -0.39 is 0 Å². The van der Waals surface area contributed by atoms with Gasteiger partial charge in [-0.25, -0.2) is 0 Å². The molecule has 0 amide bonds. The molecule has 0 spiro atoms. The molecule has 24 heavy (non-hydrogen) atoms. The van der Waals surface area contributed by atoms with Crippen LogP contribution < -0.4 is 0 Å². The van der Waals surface area contributed by atoms with Gasteiger partial charge in [-0.1, -0.05) is 0 Å². The van der Waals surface area contributed by atoms with Crippen LogP contribution in [0.1, 0.15) is 17.7 Å². The normalized spacial score (nSPS) is 26.2. The Balaban J connectivity index is 1.52. The molecule has 130 valence electrons. The number of hydrogen-bond donors (Lipinski definition) is 0. The summed E-state index contributed by atoms with van der Waals surface area (Å²) in [6, 6.07) is 5.13. The Kier molecular flexibility index (Phi) is 4.69. The van der Waals surface area contributed by atoms with Gasteiger partial charge < -0.3 is 9.15 Å². The summed E-state index contributed by atoms with van der Waals surface area (Å²) in [5, 5.41) is 4.34. The minimum absolute atomic E-state index is 0.498. The van der Waals surface area contributed by atoms with E-state index in [1.165, 1.54) is 12.0 Å². The highest BCUT2D eigenvalue weighted by Crippen LogP contribution is 2.28. The average molecular weight is 330 g/mol. The van der Waals surface area contributed by atoms with Crippen LogP contribution >= 0.6 is 0 Å². The van der Waals surface area contributed by atoms with Crippen molar-refractivity contribution in [1.29, 1.82) is 0 Å². The lowest BCUT2D eigenvalue weighted by Gasteiger charge is -2.37. The first-order valence-corrected chi connectivity index (χ1v) is 8.85. The Morgan fingerprint density at radius 3 is 2.83 bits per heavy atom. The van der Waals surface area contributed by atoms with Crippen molar-refractivity contribution in [3.05, 3.63) is 42.1 Å². The van der Waals surface area contributed by atoms with Crippen LogP contribution in [0.15, 0.2) is 35.2 Å². The Morgan fingerprint density at radius 1 is 1.25 bits per heavy atom. The monoisotopic (exact) mass is 330 g/mol. The van der Waals surface area contributed by atoms with Crippen LogP contribution in [0, 0.1) is 0 Å². The Hall–Kier alpha value is -1.63. The highest BCUT2D eigenvalue weighted by Gasteiger charge is 2.38. The molecule has 0 aromatic carbocycles. The smallest absolute Gasteiger partial charge is 0.117 e. The fourth-order valence-electron chi connectivity index (χ4n) is 4.12. The largest absolute Gasteiger partial charge is 0.468 e. The fraction of sp³-hybridized carbons (Fsp3) is 0.611. The molecular weight excluding hydrogens is 304 g/mol. The van der Waals surface area contributed by atoms with E-state index in [1.54, 1.807) is 6.26 Å². The van der Waals surface area contributed by atoms with Crippen molar-refractivity contribution in [2.75, 3.05) is 32.8 Å². The van der Waals surface area contributed by atoms with Gasteiger partial charge >= 0.3 is 0 Å².